The lowest BCUT2D eigenvalue weighted by molar-refractivity contribution is 0.0762. The Kier molecular flexibility index (Phi) is 3.27. The van der Waals surface area contributed by atoms with Gasteiger partial charge in [-0.25, -0.2) is 8.42 Å². The minimum Gasteiger partial charge on any atom is -0.389 e. The number of rotatable bonds is 2. The van der Waals surface area contributed by atoms with Crippen LogP contribution in [0.25, 0.3) is 10.9 Å². The molecule has 0 bridgehead atoms. The standard InChI is InChI=1S/C15H18N2O3S/c1-11-5-6-13(12-4-3-8-16-14(11)12)21(19,20)17-9-7-15(2,18)10-17/h3-6,8,18H,7,9-10H2,1-2H3. The van der Waals surface area contributed by atoms with Gasteiger partial charge in [0.1, 0.15) is 0 Å². The van der Waals surface area contributed by atoms with E-state index in [9.17, 15) is 13.5 Å². The van der Waals surface area contributed by atoms with Crippen LogP contribution in [-0.4, -0.2) is 41.5 Å². The summed E-state index contributed by atoms with van der Waals surface area (Å²) >= 11 is 0. The number of benzene rings is 1. The summed E-state index contributed by atoms with van der Waals surface area (Å²) in [4.78, 5) is 4.54. The van der Waals surface area contributed by atoms with Crippen LogP contribution in [0.15, 0.2) is 35.4 Å². The Morgan fingerprint density at radius 2 is 2.10 bits per heavy atom. The topological polar surface area (TPSA) is 70.5 Å². The summed E-state index contributed by atoms with van der Waals surface area (Å²) in [7, 11) is -3.62. The van der Waals surface area contributed by atoms with Gasteiger partial charge in [0.15, 0.2) is 0 Å². The second kappa shape index (κ2) is 4.76. The van der Waals surface area contributed by atoms with E-state index < -0.39 is 15.6 Å². The Balaban J connectivity index is 2.14. The molecule has 1 saturated heterocycles. The molecule has 2 aromatic rings. The van der Waals surface area contributed by atoms with Gasteiger partial charge in [0, 0.05) is 24.7 Å². The molecule has 1 aliphatic heterocycles. The van der Waals surface area contributed by atoms with Crippen LogP contribution in [0.3, 0.4) is 0 Å². The van der Waals surface area contributed by atoms with Crippen molar-refractivity contribution in [2.45, 2.75) is 30.8 Å². The van der Waals surface area contributed by atoms with Crippen molar-refractivity contribution in [3.05, 3.63) is 36.0 Å². The zero-order chi connectivity index (χ0) is 15.3. The predicted molar refractivity (Wildman–Crippen MR) is 80.5 cm³/mol. The van der Waals surface area contributed by atoms with Crippen molar-refractivity contribution in [2.75, 3.05) is 13.1 Å². The van der Waals surface area contributed by atoms with Gasteiger partial charge < -0.3 is 5.11 Å². The average Bonchev–Trinajstić information content (AvgIpc) is 2.80. The number of aromatic nitrogens is 1. The van der Waals surface area contributed by atoms with E-state index in [0.717, 1.165) is 5.56 Å². The first-order valence-electron chi connectivity index (χ1n) is 6.88. The van der Waals surface area contributed by atoms with Crippen LogP contribution in [0.1, 0.15) is 18.9 Å². The monoisotopic (exact) mass is 306 g/mol. The highest BCUT2D eigenvalue weighted by Gasteiger charge is 2.39. The first kappa shape index (κ1) is 14.4. The number of fused-ring (bicyclic) bond motifs is 1. The molecular formula is C15H18N2O3S. The van der Waals surface area contributed by atoms with Crippen LogP contribution in [0.5, 0.6) is 0 Å². The molecule has 21 heavy (non-hydrogen) atoms. The van der Waals surface area contributed by atoms with Crippen molar-refractivity contribution in [3.63, 3.8) is 0 Å². The van der Waals surface area contributed by atoms with Crippen LogP contribution in [0, 0.1) is 6.92 Å². The Hall–Kier alpha value is -1.50. The lowest BCUT2D eigenvalue weighted by Gasteiger charge is -2.20. The Morgan fingerprint density at radius 1 is 1.33 bits per heavy atom. The van der Waals surface area contributed by atoms with Gasteiger partial charge in [-0.05, 0) is 44.0 Å². The van der Waals surface area contributed by atoms with Gasteiger partial charge in [-0.3, -0.25) is 4.98 Å². The van der Waals surface area contributed by atoms with Crippen LogP contribution in [0.4, 0.5) is 0 Å². The molecule has 1 unspecified atom stereocenters. The fourth-order valence-electron chi connectivity index (χ4n) is 2.76. The molecule has 112 valence electrons. The van der Waals surface area contributed by atoms with Crippen LogP contribution >= 0.6 is 0 Å². The highest BCUT2D eigenvalue weighted by molar-refractivity contribution is 7.89. The van der Waals surface area contributed by atoms with Crippen molar-refractivity contribution in [3.8, 4) is 0 Å². The number of aryl methyl sites for hydroxylation is 1. The van der Waals surface area contributed by atoms with E-state index in [1.807, 2.05) is 6.92 Å². The fourth-order valence-corrected chi connectivity index (χ4v) is 4.50. The second-order valence-corrected chi connectivity index (χ2v) is 7.77. The van der Waals surface area contributed by atoms with Gasteiger partial charge in [0.25, 0.3) is 0 Å². The van der Waals surface area contributed by atoms with Gasteiger partial charge in [0.05, 0.1) is 16.0 Å². The van der Waals surface area contributed by atoms with E-state index in [4.69, 9.17) is 0 Å². The number of sulfonamides is 1. The van der Waals surface area contributed by atoms with Crippen molar-refractivity contribution in [1.29, 1.82) is 0 Å². The smallest absolute Gasteiger partial charge is 0.243 e. The van der Waals surface area contributed by atoms with Crippen molar-refractivity contribution in [1.82, 2.24) is 9.29 Å². The molecular weight excluding hydrogens is 288 g/mol. The molecule has 3 rings (SSSR count). The molecule has 1 atom stereocenters. The Bertz CT molecular complexity index is 800. The maximum Gasteiger partial charge on any atom is 0.243 e. The van der Waals surface area contributed by atoms with Gasteiger partial charge in [0.2, 0.25) is 10.0 Å². The molecule has 0 aliphatic carbocycles. The van der Waals surface area contributed by atoms with Crippen LogP contribution < -0.4 is 0 Å². The number of hydrogen-bond donors (Lipinski definition) is 1. The lowest BCUT2D eigenvalue weighted by atomic mass is 10.1. The molecule has 1 aromatic heterocycles. The Morgan fingerprint density at radius 3 is 2.76 bits per heavy atom. The zero-order valence-corrected chi connectivity index (χ0v) is 12.9. The molecule has 1 aliphatic rings. The van der Waals surface area contributed by atoms with Gasteiger partial charge in [-0.1, -0.05) is 6.07 Å². The molecule has 0 radical (unpaired) electrons. The molecule has 0 spiro atoms. The zero-order valence-electron chi connectivity index (χ0n) is 12.1. The number of hydrogen-bond acceptors (Lipinski definition) is 4. The van der Waals surface area contributed by atoms with Gasteiger partial charge in [-0.2, -0.15) is 4.31 Å². The average molecular weight is 306 g/mol. The number of aliphatic hydroxyl groups is 1. The first-order chi connectivity index (χ1) is 9.81. The number of nitrogens with zero attached hydrogens (tertiary/aromatic N) is 2. The quantitative estimate of drug-likeness (QED) is 0.916. The number of pyridine rings is 1. The molecule has 0 saturated carbocycles. The van der Waals surface area contributed by atoms with E-state index in [2.05, 4.69) is 4.98 Å². The predicted octanol–water partition coefficient (Wildman–Crippen LogP) is 1.69. The van der Waals surface area contributed by atoms with Crippen LogP contribution in [0.2, 0.25) is 0 Å². The molecule has 1 fully saturated rings. The third-order valence-corrected chi connectivity index (χ3v) is 5.87. The summed E-state index contributed by atoms with van der Waals surface area (Å²) < 4.78 is 27.0. The summed E-state index contributed by atoms with van der Waals surface area (Å²) in [6.07, 6.45) is 2.11. The normalized spacial score (nSPS) is 23.8. The molecule has 1 N–H and O–H groups in total. The maximum absolute atomic E-state index is 12.8. The van der Waals surface area contributed by atoms with E-state index >= 15 is 0 Å². The van der Waals surface area contributed by atoms with Crippen molar-refractivity contribution >= 4 is 20.9 Å². The summed E-state index contributed by atoms with van der Waals surface area (Å²) in [5.41, 5.74) is 0.689. The van der Waals surface area contributed by atoms with Crippen LogP contribution in [-0.2, 0) is 10.0 Å². The lowest BCUT2D eigenvalue weighted by Crippen LogP contribution is -2.34. The van der Waals surface area contributed by atoms with E-state index in [-0.39, 0.29) is 11.4 Å². The summed E-state index contributed by atoms with van der Waals surface area (Å²) in [5, 5.41) is 10.6. The fraction of sp³-hybridized carbons (Fsp3) is 0.400. The molecule has 2 heterocycles. The SMILES string of the molecule is Cc1ccc(S(=O)(=O)N2CCC(C)(O)C2)c2cccnc12. The molecule has 5 nitrogen and oxygen atoms in total. The summed E-state index contributed by atoms with van der Waals surface area (Å²) in [6.45, 7) is 4.04. The van der Waals surface area contributed by atoms with Crippen molar-refractivity contribution in [2.24, 2.45) is 0 Å². The molecule has 6 heteroatoms. The highest BCUT2D eigenvalue weighted by atomic mass is 32.2. The molecule has 1 aromatic carbocycles. The Labute approximate surface area is 124 Å². The minimum atomic E-state index is -3.62. The summed E-state index contributed by atoms with van der Waals surface area (Å²) in [5.74, 6) is 0. The van der Waals surface area contributed by atoms with Crippen molar-refractivity contribution < 1.29 is 13.5 Å². The van der Waals surface area contributed by atoms with E-state index in [1.54, 1.807) is 37.4 Å². The summed E-state index contributed by atoms with van der Waals surface area (Å²) in [6, 6.07) is 6.91. The number of β-amino-alcohol motifs (C(OH)–C–C–N with tert-alkyl or cyclic N) is 1. The molecule has 0 amide bonds. The minimum absolute atomic E-state index is 0.130. The van der Waals surface area contributed by atoms with E-state index in [0.29, 0.717) is 23.9 Å². The second-order valence-electron chi connectivity index (χ2n) is 5.87. The maximum atomic E-state index is 12.8. The first-order valence-corrected chi connectivity index (χ1v) is 8.32. The van der Waals surface area contributed by atoms with Gasteiger partial charge >= 0.3 is 0 Å². The third kappa shape index (κ3) is 2.43. The van der Waals surface area contributed by atoms with Gasteiger partial charge in [-0.15, -0.1) is 0 Å². The third-order valence-electron chi connectivity index (χ3n) is 3.97. The largest absolute Gasteiger partial charge is 0.389 e. The highest BCUT2D eigenvalue weighted by Crippen LogP contribution is 2.31. The van der Waals surface area contributed by atoms with E-state index in [1.165, 1.54) is 4.31 Å².